The summed E-state index contributed by atoms with van der Waals surface area (Å²) in [5, 5.41) is 2.90. The van der Waals surface area contributed by atoms with Crippen molar-refractivity contribution >= 4 is 32.9 Å². The van der Waals surface area contributed by atoms with Crippen LogP contribution < -0.4 is 10.2 Å². The van der Waals surface area contributed by atoms with E-state index in [0.717, 1.165) is 36.8 Å². The molecular weight excluding hydrogens is 422 g/mol. The van der Waals surface area contributed by atoms with Crippen LogP contribution in [0.2, 0.25) is 0 Å². The predicted octanol–water partition coefficient (Wildman–Crippen LogP) is 4.09. The lowest BCUT2D eigenvalue weighted by molar-refractivity contribution is -0.110. The molecule has 1 saturated carbocycles. The van der Waals surface area contributed by atoms with E-state index in [4.69, 9.17) is 0 Å². The number of nitrogens with zero attached hydrogens (tertiary/aromatic N) is 2. The van der Waals surface area contributed by atoms with E-state index in [0.29, 0.717) is 37.4 Å². The molecule has 0 unspecified atom stereocenters. The molecular formula is C25H29N3O3S. The molecule has 0 aromatic heterocycles. The maximum atomic E-state index is 13.4. The first-order chi connectivity index (χ1) is 15.4. The summed E-state index contributed by atoms with van der Waals surface area (Å²) in [6, 6.07) is 11.3. The first-order valence-corrected chi connectivity index (χ1v) is 12.8. The third-order valence-electron chi connectivity index (χ3n) is 7.09. The fraction of sp³-hybridized carbons (Fsp3) is 0.400. The van der Waals surface area contributed by atoms with Crippen molar-refractivity contribution in [3.63, 3.8) is 0 Å². The number of allylic oxidation sites excluding steroid dienone is 1. The molecule has 2 fully saturated rings. The number of carbonyl (C=O) groups excluding carboxylic acids is 1. The van der Waals surface area contributed by atoms with E-state index in [1.165, 1.54) is 16.8 Å². The fourth-order valence-corrected chi connectivity index (χ4v) is 6.56. The first-order valence-electron chi connectivity index (χ1n) is 11.4. The molecule has 2 aromatic rings. The molecule has 168 valence electrons. The van der Waals surface area contributed by atoms with Gasteiger partial charge in [-0.15, -0.1) is 0 Å². The summed E-state index contributed by atoms with van der Waals surface area (Å²) in [7, 11) is -3.63. The number of aryl methyl sites for hydroxylation is 1. The summed E-state index contributed by atoms with van der Waals surface area (Å²) < 4.78 is 28.5. The Bertz CT molecular complexity index is 1220. The average Bonchev–Trinajstić information content (AvgIpc) is 3.42. The van der Waals surface area contributed by atoms with Gasteiger partial charge in [-0.1, -0.05) is 17.7 Å². The number of rotatable bonds is 3. The Morgan fingerprint density at radius 2 is 1.66 bits per heavy atom. The maximum Gasteiger partial charge on any atom is 0.256 e. The molecule has 32 heavy (non-hydrogen) atoms. The van der Waals surface area contributed by atoms with Crippen LogP contribution in [0.4, 0.5) is 11.4 Å². The summed E-state index contributed by atoms with van der Waals surface area (Å²) in [5.41, 5.74) is 6.95. The lowest BCUT2D eigenvalue weighted by Crippen LogP contribution is -2.48. The third-order valence-corrected chi connectivity index (χ3v) is 8.98. The highest BCUT2D eigenvalue weighted by atomic mass is 32.2. The minimum absolute atomic E-state index is 0.103. The Kier molecular flexibility index (Phi) is 5.34. The molecule has 1 amide bonds. The normalized spacial score (nSPS) is 19.4. The van der Waals surface area contributed by atoms with Gasteiger partial charge in [0.05, 0.1) is 4.90 Å². The summed E-state index contributed by atoms with van der Waals surface area (Å²) in [4.78, 5) is 15.1. The van der Waals surface area contributed by atoms with Gasteiger partial charge in [0.25, 0.3) is 5.91 Å². The maximum absolute atomic E-state index is 13.4. The van der Waals surface area contributed by atoms with E-state index in [1.54, 1.807) is 22.5 Å². The second kappa shape index (κ2) is 8.05. The Morgan fingerprint density at radius 1 is 0.938 bits per heavy atom. The van der Waals surface area contributed by atoms with Crippen molar-refractivity contribution in [1.82, 2.24) is 4.31 Å². The van der Waals surface area contributed by atoms with Crippen molar-refractivity contribution in [2.75, 3.05) is 36.4 Å². The number of anilines is 2. The molecule has 1 N–H and O–H groups in total. The van der Waals surface area contributed by atoms with Crippen LogP contribution >= 0.6 is 0 Å². The lowest BCUT2D eigenvalue weighted by Gasteiger charge is -2.36. The monoisotopic (exact) mass is 451 g/mol. The van der Waals surface area contributed by atoms with Gasteiger partial charge in [0, 0.05) is 48.7 Å². The highest BCUT2D eigenvalue weighted by Crippen LogP contribution is 2.40. The SMILES string of the molecule is Cc1cccc(N2CCN(S(=O)(=O)c3ccc4c(c3)C(=C3CCCC3)C(=O)N4)CC2)c1C. The topological polar surface area (TPSA) is 69.7 Å². The van der Waals surface area contributed by atoms with Gasteiger partial charge >= 0.3 is 0 Å². The van der Waals surface area contributed by atoms with Gasteiger partial charge in [0.15, 0.2) is 0 Å². The molecule has 2 aliphatic heterocycles. The van der Waals surface area contributed by atoms with Crippen LogP contribution in [0.3, 0.4) is 0 Å². The van der Waals surface area contributed by atoms with Crippen molar-refractivity contribution in [1.29, 1.82) is 0 Å². The van der Waals surface area contributed by atoms with E-state index >= 15 is 0 Å². The molecule has 0 radical (unpaired) electrons. The zero-order chi connectivity index (χ0) is 22.5. The third kappa shape index (κ3) is 3.53. The highest BCUT2D eigenvalue weighted by molar-refractivity contribution is 7.89. The van der Waals surface area contributed by atoms with E-state index in [2.05, 4.69) is 42.3 Å². The second-order valence-corrected chi connectivity index (χ2v) is 10.9. The van der Waals surface area contributed by atoms with Crippen LogP contribution in [0.1, 0.15) is 42.4 Å². The van der Waals surface area contributed by atoms with Crippen molar-refractivity contribution in [3.05, 3.63) is 58.7 Å². The summed E-state index contributed by atoms with van der Waals surface area (Å²) in [5.74, 6) is -0.103. The van der Waals surface area contributed by atoms with E-state index < -0.39 is 10.0 Å². The van der Waals surface area contributed by atoms with Crippen molar-refractivity contribution in [2.45, 2.75) is 44.4 Å². The van der Waals surface area contributed by atoms with E-state index in [9.17, 15) is 13.2 Å². The smallest absolute Gasteiger partial charge is 0.256 e. The fourth-order valence-electron chi connectivity index (χ4n) is 5.11. The molecule has 5 rings (SSSR count). The molecule has 7 heteroatoms. The average molecular weight is 452 g/mol. The molecule has 3 aliphatic rings. The van der Waals surface area contributed by atoms with Crippen LogP contribution in [0.25, 0.3) is 5.57 Å². The largest absolute Gasteiger partial charge is 0.369 e. The Balaban J connectivity index is 1.39. The van der Waals surface area contributed by atoms with Crippen LogP contribution in [-0.4, -0.2) is 44.8 Å². The minimum Gasteiger partial charge on any atom is -0.369 e. The summed E-state index contributed by atoms with van der Waals surface area (Å²) in [6.07, 6.45) is 4.01. The number of hydrogen-bond donors (Lipinski definition) is 1. The molecule has 2 heterocycles. The first kappa shape index (κ1) is 21.2. The number of carbonyl (C=O) groups is 1. The Hall–Kier alpha value is -2.64. The van der Waals surface area contributed by atoms with Crippen LogP contribution in [0.15, 0.2) is 46.9 Å². The quantitative estimate of drug-likeness (QED) is 0.714. The van der Waals surface area contributed by atoms with Crippen LogP contribution in [0.5, 0.6) is 0 Å². The number of fused-ring (bicyclic) bond motifs is 1. The number of nitrogens with one attached hydrogen (secondary N) is 1. The van der Waals surface area contributed by atoms with Crippen molar-refractivity contribution in [2.24, 2.45) is 0 Å². The van der Waals surface area contributed by atoms with Gasteiger partial charge in [0.2, 0.25) is 10.0 Å². The van der Waals surface area contributed by atoms with Crippen molar-refractivity contribution < 1.29 is 13.2 Å². The molecule has 0 spiro atoms. The van der Waals surface area contributed by atoms with E-state index in [-0.39, 0.29) is 10.8 Å². The van der Waals surface area contributed by atoms with Crippen LogP contribution in [-0.2, 0) is 14.8 Å². The molecule has 6 nitrogen and oxygen atoms in total. The van der Waals surface area contributed by atoms with E-state index in [1.807, 2.05) is 0 Å². The molecule has 0 bridgehead atoms. The number of benzene rings is 2. The van der Waals surface area contributed by atoms with Gasteiger partial charge < -0.3 is 10.2 Å². The standard InChI is InChI=1S/C25H29N3O3S/c1-17-6-5-9-23(18(17)2)27-12-14-28(15-13-27)32(30,31)20-10-11-22-21(16-20)24(25(29)26-22)19-7-3-4-8-19/h5-6,9-11,16H,3-4,7-8,12-15H2,1-2H3,(H,26,29). The summed E-state index contributed by atoms with van der Waals surface area (Å²) in [6.45, 7) is 6.41. The number of amides is 1. The van der Waals surface area contributed by atoms with Gasteiger partial charge in [-0.25, -0.2) is 8.42 Å². The second-order valence-electron chi connectivity index (χ2n) is 8.96. The van der Waals surface area contributed by atoms with Crippen LogP contribution in [0, 0.1) is 13.8 Å². The van der Waals surface area contributed by atoms with Gasteiger partial charge in [-0.3, -0.25) is 4.79 Å². The number of piperazine rings is 1. The van der Waals surface area contributed by atoms with Gasteiger partial charge in [-0.05, 0) is 74.9 Å². The molecule has 1 saturated heterocycles. The molecule has 1 aliphatic carbocycles. The lowest BCUT2D eigenvalue weighted by atomic mass is 10.00. The minimum atomic E-state index is -3.63. The molecule has 2 aromatic carbocycles. The molecule has 0 atom stereocenters. The number of sulfonamides is 1. The van der Waals surface area contributed by atoms with Gasteiger partial charge in [-0.2, -0.15) is 4.31 Å². The summed E-state index contributed by atoms with van der Waals surface area (Å²) >= 11 is 0. The predicted molar refractivity (Wildman–Crippen MR) is 127 cm³/mol. The zero-order valence-electron chi connectivity index (χ0n) is 18.6. The van der Waals surface area contributed by atoms with Crippen molar-refractivity contribution in [3.8, 4) is 0 Å². The number of hydrogen-bond acceptors (Lipinski definition) is 4. The zero-order valence-corrected chi connectivity index (χ0v) is 19.5. The highest BCUT2D eigenvalue weighted by Gasteiger charge is 2.33. The Labute approximate surface area is 190 Å². The van der Waals surface area contributed by atoms with Gasteiger partial charge in [0.1, 0.15) is 0 Å². The Morgan fingerprint density at radius 3 is 2.38 bits per heavy atom.